The van der Waals surface area contributed by atoms with E-state index in [0.29, 0.717) is 11.6 Å². The van der Waals surface area contributed by atoms with E-state index < -0.39 is 18.1 Å². The molecule has 1 amide bonds. The topological polar surface area (TPSA) is 44.4 Å². The van der Waals surface area contributed by atoms with E-state index in [1.54, 1.807) is 30.3 Å². The molecule has 0 radical (unpaired) electrons. The molecule has 0 aromatic heterocycles. The van der Waals surface area contributed by atoms with E-state index in [4.69, 9.17) is 11.6 Å². The van der Waals surface area contributed by atoms with Crippen LogP contribution in [0.1, 0.15) is 25.3 Å². The molecule has 0 spiro atoms. The van der Waals surface area contributed by atoms with Gasteiger partial charge in [-0.25, -0.2) is 5.43 Å². The van der Waals surface area contributed by atoms with Crippen molar-refractivity contribution in [1.82, 2.24) is 5.43 Å². The second kappa shape index (κ2) is 7.85. The third-order valence-corrected chi connectivity index (χ3v) is 4.67. The number of benzene rings is 2. The molecule has 4 nitrogen and oxygen atoms in total. The highest BCUT2D eigenvalue weighted by Gasteiger charge is 2.45. The van der Waals surface area contributed by atoms with Crippen molar-refractivity contribution in [2.45, 2.75) is 32.0 Å². The third kappa shape index (κ3) is 4.31. The first-order valence-corrected chi connectivity index (χ1v) is 9.05. The average Bonchev–Trinajstić information content (AvgIpc) is 3.08. The fourth-order valence-corrected chi connectivity index (χ4v) is 3.02. The Morgan fingerprint density at radius 3 is 2.36 bits per heavy atom. The highest BCUT2D eigenvalue weighted by molar-refractivity contribution is 6.33. The second-order valence-corrected chi connectivity index (χ2v) is 7.13. The number of hydrazine groups is 1. The Morgan fingerprint density at radius 1 is 1.14 bits per heavy atom. The van der Waals surface area contributed by atoms with Crippen molar-refractivity contribution >= 4 is 28.9 Å². The van der Waals surface area contributed by atoms with Crippen molar-refractivity contribution in [3.8, 4) is 0 Å². The molecule has 2 aromatic rings. The highest BCUT2D eigenvalue weighted by atomic mass is 35.5. The van der Waals surface area contributed by atoms with Gasteiger partial charge in [-0.15, -0.1) is 0 Å². The van der Waals surface area contributed by atoms with Gasteiger partial charge in [0.15, 0.2) is 0 Å². The smallest absolute Gasteiger partial charge is 0.321 e. The third-order valence-electron chi connectivity index (χ3n) is 4.35. The van der Waals surface area contributed by atoms with Crippen LogP contribution in [0, 0.1) is 0 Å². The van der Waals surface area contributed by atoms with Crippen LogP contribution < -0.4 is 15.8 Å². The van der Waals surface area contributed by atoms with Gasteiger partial charge in [0, 0.05) is 5.69 Å². The van der Waals surface area contributed by atoms with Gasteiger partial charge in [-0.2, -0.15) is 13.2 Å². The Bertz CT molecular complexity index is 894. The van der Waals surface area contributed by atoms with Crippen molar-refractivity contribution in [2.75, 3.05) is 10.3 Å². The largest absolute Gasteiger partial charge is 0.409 e. The summed E-state index contributed by atoms with van der Waals surface area (Å²) in [6.45, 7) is 4.09. The number of nitrogens with one attached hydrogen (secondary N) is 2. The molecule has 28 heavy (non-hydrogen) atoms. The maximum Gasteiger partial charge on any atom is 0.409 e. The normalized spacial score (nSPS) is 17.0. The zero-order valence-corrected chi connectivity index (χ0v) is 16.0. The van der Waals surface area contributed by atoms with Crippen LogP contribution in [-0.4, -0.2) is 18.1 Å². The number of halogens is 4. The lowest BCUT2D eigenvalue weighted by molar-refractivity contribution is -0.142. The average molecular weight is 410 g/mol. The Balaban J connectivity index is 1.88. The molecular formula is C20H19ClF3N3O. The molecule has 2 aromatic carbocycles. The Kier molecular flexibility index (Phi) is 5.67. The van der Waals surface area contributed by atoms with Gasteiger partial charge in [0.2, 0.25) is 0 Å². The Hall–Kier alpha value is -2.51. The molecule has 0 saturated heterocycles. The summed E-state index contributed by atoms with van der Waals surface area (Å²) in [5, 5.41) is 3.93. The SMILES string of the molecule is CC(C)c1ccc(NC(=O)C2=CC(C(F)(F)F)NN2c2ccccc2Cl)cc1. The number of alkyl halides is 3. The molecule has 1 aliphatic heterocycles. The predicted octanol–water partition coefficient (Wildman–Crippen LogP) is 5.24. The quantitative estimate of drug-likeness (QED) is 0.725. The number of hydrogen-bond donors (Lipinski definition) is 2. The summed E-state index contributed by atoms with van der Waals surface area (Å²) < 4.78 is 39.7. The van der Waals surface area contributed by atoms with Crippen molar-refractivity contribution in [2.24, 2.45) is 0 Å². The summed E-state index contributed by atoms with van der Waals surface area (Å²) in [5.41, 5.74) is 3.96. The molecule has 2 N–H and O–H groups in total. The zero-order chi connectivity index (χ0) is 20.5. The van der Waals surface area contributed by atoms with Crippen LogP contribution >= 0.6 is 11.6 Å². The zero-order valence-electron chi connectivity index (χ0n) is 15.2. The van der Waals surface area contributed by atoms with E-state index in [-0.39, 0.29) is 16.4 Å². The number of hydrogen-bond acceptors (Lipinski definition) is 3. The van der Waals surface area contributed by atoms with Gasteiger partial charge >= 0.3 is 6.18 Å². The number of rotatable bonds is 4. The summed E-state index contributed by atoms with van der Waals surface area (Å²) in [6, 6.07) is 11.5. The summed E-state index contributed by atoms with van der Waals surface area (Å²) in [7, 11) is 0. The standard InChI is InChI=1S/C20H19ClF3N3O/c1-12(2)13-7-9-14(10-8-13)25-19(28)17-11-18(20(22,23)24)26-27(17)16-6-4-3-5-15(16)21/h3-12,18,26H,1-2H3,(H,25,28). The van der Waals surface area contributed by atoms with Gasteiger partial charge in [0.1, 0.15) is 11.7 Å². The molecule has 1 heterocycles. The Labute approximate surface area is 166 Å². The van der Waals surface area contributed by atoms with E-state index in [2.05, 4.69) is 10.7 Å². The molecule has 148 valence electrons. The van der Waals surface area contributed by atoms with E-state index in [0.717, 1.165) is 16.6 Å². The van der Waals surface area contributed by atoms with E-state index >= 15 is 0 Å². The van der Waals surface area contributed by atoms with Crippen LogP contribution in [0.15, 0.2) is 60.3 Å². The van der Waals surface area contributed by atoms with Crippen LogP contribution in [0.2, 0.25) is 5.02 Å². The first-order valence-electron chi connectivity index (χ1n) is 8.67. The maximum atomic E-state index is 13.2. The molecule has 1 aliphatic rings. The van der Waals surface area contributed by atoms with Crippen LogP contribution in [0.5, 0.6) is 0 Å². The summed E-state index contributed by atoms with van der Waals surface area (Å²) in [6.07, 6.45) is -3.71. The fourth-order valence-electron chi connectivity index (χ4n) is 2.80. The van der Waals surface area contributed by atoms with Crippen molar-refractivity contribution in [3.05, 3.63) is 70.9 Å². The van der Waals surface area contributed by atoms with Gasteiger partial charge in [0.05, 0.1) is 10.7 Å². The van der Waals surface area contributed by atoms with Crippen LogP contribution in [0.4, 0.5) is 24.5 Å². The van der Waals surface area contributed by atoms with Crippen molar-refractivity contribution < 1.29 is 18.0 Å². The minimum absolute atomic E-state index is 0.177. The highest BCUT2D eigenvalue weighted by Crippen LogP contribution is 2.34. The Morgan fingerprint density at radius 2 is 1.79 bits per heavy atom. The van der Waals surface area contributed by atoms with Gasteiger partial charge in [-0.05, 0) is 41.8 Å². The van der Waals surface area contributed by atoms with Crippen molar-refractivity contribution in [1.29, 1.82) is 0 Å². The van der Waals surface area contributed by atoms with E-state index in [1.807, 2.05) is 26.0 Å². The second-order valence-electron chi connectivity index (χ2n) is 6.72. The fraction of sp³-hybridized carbons (Fsp3) is 0.250. The number of anilines is 2. The lowest BCUT2D eigenvalue weighted by atomic mass is 10.0. The van der Waals surface area contributed by atoms with Gasteiger partial charge in [-0.1, -0.05) is 49.7 Å². The molecule has 0 saturated carbocycles. The molecule has 0 fully saturated rings. The number of nitrogens with zero attached hydrogens (tertiary/aromatic N) is 1. The monoisotopic (exact) mass is 409 g/mol. The summed E-state index contributed by atoms with van der Waals surface area (Å²) >= 11 is 6.12. The summed E-state index contributed by atoms with van der Waals surface area (Å²) in [5.74, 6) is -0.341. The lowest BCUT2D eigenvalue weighted by Crippen LogP contribution is -2.45. The number of carbonyl (C=O) groups excluding carboxylic acids is 1. The molecule has 0 bridgehead atoms. The van der Waals surface area contributed by atoms with Crippen LogP contribution in [0.3, 0.4) is 0 Å². The van der Waals surface area contributed by atoms with Crippen LogP contribution in [0.25, 0.3) is 0 Å². The van der Waals surface area contributed by atoms with E-state index in [1.165, 1.54) is 6.07 Å². The lowest BCUT2D eigenvalue weighted by Gasteiger charge is -2.25. The van der Waals surface area contributed by atoms with Crippen LogP contribution in [-0.2, 0) is 4.79 Å². The van der Waals surface area contributed by atoms with Gasteiger partial charge < -0.3 is 5.32 Å². The maximum absolute atomic E-state index is 13.2. The number of para-hydroxylation sites is 1. The van der Waals surface area contributed by atoms with Gasteiger partial charge in [0.25, 0.3) is 5.91 Å². The summed E-state index contributed by atoms with van der Waals surface area (Å²) in [4.78, 5) is 12.7. The number of amides is 1. The molecule has 8 heteroatoms. The molecular weight excluding hydrogens is 391 g/mol. The molecule has 3 rings (SSSR count). The minimum Gasteiger partial charge on any atom is -0.321 e. The first-order chi connectivity index (χ1) is 13.2. The number of carbonyl (C=O) groups is 1. The molecule has 1 unspecified atom stereocenters. The van der Waals surface area contributed by atoms with E-state index in [9.17, 15) is 18.0 Å². The van der Waals surface area contributed by atoms with Crippen molar-refractivity contribution in [3.63, 3.8) is 0 Å². The minimum atomic E-state index is -4.56. The van der Waals surface area contributed by atoms with Gasteiger partial charge in [-0.3, -0.25) is 9.80 Å². The first kappa shape index (κ1) is 20.2. The molecule has 0 aliphatic carbocycles. The molecule has 1 atom stereocenters. The predicted molar refractivity (Wildman–Crippen MR) is 104 cm³/mol.